The van der Waals surface area contributed by atoms with E-state index in [0.717, 1.165) is 38.0 Å². The molecular weight excluding hydrogens is 248 g/mol. The predicted octanol–water partition coefficient (Wildman–Crippen LogP) is 3.19. The number of carbonyl (C=O) groups is 1. The van der Waals surface area contributed by atoms with E-state index in [-0.39, 0.29) is 11.8 Å². The summed E-state index contributed by atoms with van der Waals surface area (Å²) in [5, 5.41) is 3.20. The molecule has 0 radical (unpaired) electrons. The van der Waals surface area contributed by atoms with Gasteiger partial charge < -0.3 is 10.2 Å². The molecule has 3 rings (SSSR count). The van der Waals surface area contributed by atoms with E-state index in [2.05, 4.69) is 35.5 Å². The van der Waals surface area contributed by atoms with Crippen molar-refractivity contribution >= 4 is 11.6 Å². The molecule has 0 unspecified atom stereocenters. The van der Waals surface area contributed by atoms with E-state index in [1.807, 2.05) is 0 Å². The molecule has 0 aromatic heterocycles. The molecule has 1 heterocycles. The van der Waals surface area contributed by atoms with Crippen molar-refractivity contribution in [3.8, 4) is 0 Å². The topological polar surface area (TPSA) is 32.3 Å². The monoisotopic (exact) mass is 272 g/mol. The van der Waals surface area contributed by atoms with Crippen molar-refractivity contribution in [1.29, 1.82) is 0 Å². The van der Waals surface area contributed by atoms with Crippen LogP contribution >= 0.6 is 0 Å². The van der Waals surface area contributed by atoms with Gasteiger partial charge in [-0.25, -0.2) is 0 Å². The number of fused-ring (bicyclic) bond motifs is 1. The van der Waals surface area contributed by atoms with Gasteiger partial charge in [0, 0.05) is 24.7 Å². The first-order valence-corrected chi connectivity index (χ1v) is 7.84. The van der Waals surface area contributed by atoms with Gasteiger partial charge in [-0.1, -0.05) is 31.4 Å². The number of benzene rings is 1. The molecule has 0 saturated heterocycles. The lowest BCUT2D eigenvalue weighted by Crippen LogP contribution is -2.29. The van der Waals surface area contributed by atoms with E-state index >= 15 is 0 Å². The fourth-order valence-corrected chi connectivity index (χ4v) is 3.47. The van der Waals surface area contributed by atoms with E-state index in [9.17, 15) is 4.79 Å². The zero-order chi connectivity index (χ0) is 13.9. The van der Waals surface area contributed by atoms with Crippen LogP contribution in [0.15, 0.2) is 18.2 Å². The van der Waals surface area contributed by atoms with Crippen molar-refractivity contribution in [2.75, 3.05) is 18.9 Å². The predicted molar refractivity (Wildman–Crippen MR) is 81.7 cm³/mol. The number of nitrogens with zero attached hydrogens (tertiary/aromatic N) is 1. The van der Waals surface area contributed by atoms with Crippen molar-refractivity contribution in [3.05, 3.63) is 29.3 Å². The molecule has 1 saturated carbocycles. The Balaban J connectivity index is 1.74. The van der Waals surface area contributed by atoms with E-state index in [1.54, 1.807) is 0 Å². The molecule has 1 aliphatic carbocycles. The lowest BCUT2D eigenvalue weighted by atomic mass is 9.88. The lowest BCUT2D eigenvalue weighted by molar-refractivity contribution is -0.120. The van der Waals surface area contributed by atoms with Crippen LogP contribution in [0, 0.1) is 5.92 Å². The second-order valence-corrected chi connectivity index (χ2v) is 6.26. The van der Waals surface area contributed by atoms with Gasteiger partial charge in [0.05, 0.1) is 0 Å². The molecule has 1 fully saturated rings. The molecule has 0 atom stereocenters. The number of likely N-dealkylation sites (N-methyl/N-ethyl adjacent to an activating group) is 1. The van der Waals surface area contributed by atoms with Crippen LogP contribution in [0.5, 0.6) is 0 Å². The molecule has 2 aliphatic rings. The van der Waals surface area contributed by atoms with Crippen molar-refractivity contribution in [3.63, 3.8) is 0 Å². The van der Waals surface area contributed by atoms with Crippen LogP contribution < -0.4 is 5.32 Å². The molecule has 20 heavy (non-hydrogen) atoms. The minimum atomic E-state index is 0.228. The Bertz CT molecular complexity index is 492. The third-order valence-corrected chi connectivity index (χ3v) is 4.69. The van der Waals surface area contributed by atoms with Gasteiger partial charge in [0.1, 0.15) is 0 Å². The molecule has 1 amide bonds. The van der Waals surface area contributed by atoms with E-state index in [1.165, 1.54) is 30.4 Å². The van der Waals surface area contributed by atoms with Crippen LogP contribution in [0.1, 0.15) is 43.2 Å². The summed E-state index contributed by atoms with van der Waals surface area (Å²) < 4.78 is 0. The Kier molecular flexibility index (Phi) is 4.06. The number of anilines is 1. The summed E-state index contributed by atoms with van der Waals surface area (Å²) in [4.78, 5) is 14.7. The standard InChI is InChI=1S/C17H24N2O/c1-19-11-10-15-14(12-19)8-5-9-16(15)18-17(20)13-6-3-2-4-7-13/h5,8-9,13H,2-4,6-7,10-12H2,1H3,(H,18,20). The van der Waals surface area contributed by atoms with Crippen LogP contribution in [-0.4, -0.2) is 24.4 Å². The molecule has 1 aromatic carbocycles. The fourth-order valence-electron chi connectivity index (χ4n) is 3.47. The number of carbonyl (C=O) groups excluding carboxylic acids is 1. The van der Waals surface area contributed by atoms with Crippen LogP contribution in [0.3, 0.4) is 0 Å². The van der Waals surface area contributed by atoms with Crippen molar-refractivity contribution in [2.45, 2.75) is 45.1 Å². The maximum Gasteiger partial charge on any atom is 0.227 e. The Morgan fingerprint density at radius 3 is 2.85 bits per heavy atom. The number of hydrogen-bond acceptors (Lipinski definition) is 2. The highest BCUT2D eigenvalue weighted by molar-refractivity contribution is 5.93. The smallest absolute Gasteiger partial charge is 0.227 e. The molecule has 3 heteroatoms. The second-order valence-electron chi connectivity index (χ2n) is 6.26. The normalized spacial score (nSPS) is 20.4. The van der Waals surface area contributed by atoms with Gasteiger partial charge in [0.15, 0.2) is 0 Å². The average Bonchev–Trinajstić information content (AvgIpc) is 2.48. The van der Waals surface area contributed by atoms with Gasteiger partial charge in [-0.05, 0) is 43.5 Å². The first-order valence-electron chi connectivity index (χ1n) is 7.84. The molecule has 3 nitrogen and oxygen atoms in total. The Morgan fingerprint density at radius 2 is 2.05 bits per heavy atom. The highest BCUT2D eigenvalue weighted by Gasteiger charge is 2.23. The van der Waals surface area contributed by atoms with Gasteiger partial charge in [0.25, 0.3) is 0 Å². The van der Waals surface area contributed by atoms with Crippen molar-refractivity contribution in [1.82, 2.24) is 4.90 Å². The molecule has 0 bridgehead atoms. The van der Waals surface area contributed by atoms with Gasteiger partial charge in [-0.2, -0.15) is 0 Å². The summed E-state index contributed by atoms with van der Waals surface area (Å²) in [6, 6.07) is 6.31. The minimum Gasteiger partial charge on any atom is -0.326 e. The lowest BCUT2D eigenvalue weighted by Gasteiger charge is -2.27. The summed E-state index contributed by atoms with van der Waals surface area (Å²) in [6.07, 6.45) is 6.85. The molecule has 0 spiro atoms. The SMILES string of the molecule is CN1CCc2c(cccc2NC(=O)C2CCCCC2)C1. The van der Waals surface area contributed by atoms with Crippen LogP contribution in [-0.2, 0) is 17.8 Å². The summed E-state index contributed by atoms with van der Waals surface area (Å²) in [5.74, 6) is 0.461. The molecule has 1 N–H and O–H groups in total. The minimum absolute atomic E-state index is 0.228. The van der Waals surface area contributed by atoms with E-state index < -0.39 is 0 Å². The number of amides is 1. The highest BCUT2D eigenvalue weighted by Crippen LogP contribution is 2.28. The van der Waals surface area contributed by atoms with E-state index in [0.29, 0.717) is 0 Å². The van der Waals surface area contributed by atoms with Crippen LogP contribution in [0.25, 0.3) is 0 Å². The second kappa shape index (κ2) is 5.96. The first-order chi connectivity index (χ1) is 9.74. The van der Waals surface area contributed by atoms with Gasteiger partial charge in [0.2, 0.25) is 5.91 Å². The Morgan fingerprint density at radius 1 is 1.25 bits per heavy atom. The largest absolute Gasteiger partial charge is 0.326 e. The summed E-state index contributed by atoms with van der Waals surface area (Å²) >= 11 is 0. The van der Waals surface area contributed by atoms with Crippen molar-refractivity contribution in [2.24, 2.45) is 5.92 Å². The van der Waals surface area contributed by atoms with Gasteiger partial charge >= 0.3 is 0 Å². The van der Waals surface area contributed by atoms with E-state index in [4.69, 9.17) is 0 Å². The van der Waals surface area contributed by atoms with Gasteiger partial charge in [-0.15, -0.1) is 0 Å². The number of rotatable bonds is 2. The highest BCUT2D eigenvalue weighted by atomic mass is 16.1. The quantitative estimate of drug-likeness (QED) is 0.896. The fraction of sp³-hybridized carbons (Fsp3) is 0.588. The maximum atomic E-state index is 12.4. The summed E-state index contributed by atoms with van der Waals surface area (Å²) in [6.45, 7) is 2.06. The van der Waals surface area contributed by atoms with Gasteiger partial charge in [-0.3, -0.25) is 4.79 Å². The zero-order valence-electron chi connectivity index (χ0n) is 12.3. The maximum absolute atomic E-state index is 12.4. The third-order valence-electron chi connectivity index (χ3n) is 4.69. The zero-order valence-corrected chi connectivity index (χ0v) is 12.3. The Hall–Kier alpha value is -1.35. The van der Waals surface area contributed by atoms with Crippen LogP contribution in [0.4, 0.5) is 5.69 Å². The van der Waals surface area contributed by atoms with Crippen LogP contribution in [0.2, 0.25) is 0 Å². The molecular formula is C17H24N2O. The number of nitrogens with one attached hydrogen (secondary N) is 1. The first kappa shape index (κ1) is 13.6. The molecule has 1 aliphatic heterocycles. The molecule has 108 valence electrons. The van der Waals surface area contributed by atoms with Crippen molar-refractivity contribution < 1.29 is 4.79 Å². The summed E-state index contributed by atoms with van der Waals surface area (Å²) in [7, 11) is 2.15. The molecule has 1 aromatic rings. The summed E-state index contributed by atoms with van der Waals surface area (Å²) in [5.41, 5.74) is 3.75. The Labute approximate surface area is 121 Å². The third kappa shape index (κ3) is 2.88. The number of hydrogen-bond donors (Lipinski definition) is 1. The average molecular weight is 272 g/mol.